The predicted octanol–water partition coefficient (Wildman–Crippen LogP) is 4.80. The molecule has 7 heteroatoms. The lowest BCUT2D eigenvalue weighted by molar-refractivity contribution is -0.137. The van der Waals surface area contributed by atoms with Crippen LogP contribution >= 0.6 is 0 Å². The Morgan fingerprint density at radius 2 is 1.62 bits per heavy atom. The Hall–Kier alpha value is -3.35. The number of hydrogen-bond acceptors (Lipinski definition) is 4. The molecule has 7 nitrogen and oxygen atoms in total. The molecule has 2 aromatic carbocycles. The van der Waals surface area contributed by atoms with Crippen LogP contribution in [0.15, 0.2) is 48.5 Å². The molecule has 1 atom stereocenters. The number of unbranched alkanes of at least 4 members (excludes halogenated alkanes) is 1. The molecular formula is C27H34N2O5. The van der Waals surface area contributed by atoms with Crippen molar-refractivity contribution in [2.24, 2.45) is 0 Å². The lowest BCUT2D eigenvalue weighted by Gasteiger charge is -2.21. The molecule has 0 bridgehead atoms. The number of carboxylic acid groups (broad SMARTS) is 1. The standard InChI is InChI=1S/C27H34N2O5/c1-3-19(15-16-25(30)29(2)17-9-8-14-26(31)32)28-27(33)34-18-24-22-12-6-4-10-20(22)21-11-5-7-13-23(21)24/h4-7,10-13,19,24H,3,8-9,14-18H2,1-2H3,(H,28,33)(H,31,32). The van der Waals surface area contributed by atoms with E-state index in [1.807, 2.05) is 31.2 Å². The average molecular weight is 467 g/mol. The van der Waals surface area contributed by atoms with Gasteiger partial charge in [0.25, 0.3) is 0 Å². The third kappa shape index (κ3) is 6.59. The Balaban J connectivity index is 1.45. The molecule has 0 radical (unpaired) electrons. The second kappa shape index (κ2) is 12.2. The summed E-state index contributed by atoms with van der Waals surface area (Å²) in [7, 11) is 1.73. The van der Waals surface area contributed by atoms with E-state index in [2.05, 4.69) is 29.6 Å². The lowest BCUT2D eigenvalue weighted by Crippen LogP contribution is -2.37. The molecule has 0 spiro atoms. The first kappa shape index (κ1) is 25.3. The summed E-state index contributed by atoms with van der Waals surface area (Å²) in [6.45, 7) is 2.76. The van der Waals surface area contributed by atoms with E-state index in [1.165, 1.54) is 22.3 Å². The highest BCUT2D eigenvalue weighted by Gasteiger charge is 2.29. The molecule has 2 aromatic rings. The highest BCUT2D eigenvalue weighted by molar-refractivity contribution is 5.79. The normalized spacial score (nSPS) is 13.0. The Kier molecular flexibility index (Phi) is 9.08. The van der Waals surface area contributed by atoms with E-state index in [1.54, 1.807) is 11.9 Å². The van der Waals surface area contributed by atoms with Crippen molar-refractivity contribution in [2.45, 2.75) is 57.4 Å². The summed E-state index contributed by atoms with van der Waals surface area (Å²) in [6.07, 6.45) is 2.39. The zero-order valence-electron chi connectivity index (χ0n) is 20.0. The fourth-order valence-electron chi connectivity index (χ4n) is 4.42. The van der Waals surface area contributed by atoms with E-state index in [4.69, 9.17) is 9.84 Å². The summed E-state index contributed by atoms with van der Waals surface area (Å²) < 4.78 is 5.62. The number of amides is 2. The Morgan fingerprint density at radius 3 is 2.21 bits per heavy atom. The van der Waals surface area contributed by atoms with Gasteiger partial charge in [0.05, 0.1) is 0 Å². The van der Waals surface area contributed by atoms with Gasteiger partial charge >= 0.3 is 12.1 Å². The van der Waals surface area contributed by atoms with Gasteiger partial charge in [-0.2, -0.15) is 0 Å². The molecule has 0 aliphatic heterocycles. The minimum atomic E-state index is -0.820. The fraction of sp³-hybridized carbons (Fsp3) is 0.444. The number of nitrogens with one attached hydrogen (secondary N) is 1. The molecule has 0 saturated heterocycles. The number of benzene rings is 2. The number of aliphatic carboxylic acids is 1. The van der Waals surface area contributed by atoms with Gasteiger partial charge in [-0.25, -0.2) is 4.79 Å². The minimum Gasteiger partial charge on any atom is -0.481 e. The van der Waals surface area contributed by atoms with Crippen molar-refractivity contribution in [3.8, 4) is 11.1 Å². The van der Waals surface area contributed by atoms with E-state index >= 15 is 0 Å². The summed E-state index contributed by atoms with van der Waals surface area (Å²) >= 11 is 0. The van der Waals surface area contributed by atoms with Gasteiger partial charge in [-0.3, -0.25) is 9.59 Å². The lowest BCUT2D eigenvalue weighted by atomic mass is 9.98. The third-order valence-corrected chi connectivity index (χ3v) is 6.43. The van der Waals surface area contributed by atoms with Crippen LogP contribution in [0.1, 0.15) is 62.5 Å². The molecule has 0 saturated carbocycles. The Labute approximate surface area is 201 Å². The number of hydrogen-bond donors (Lipinski definition) is 2. The maximum atomic E-state index is 12.5. The van der Waals surface area contributed by atoms with Gasteiger partial charge in [0.1, 0.15) is 6.61 Å². The summed E-state index contributed by atoms with van der Waals surface area (Å²) in [5.41, 5.74) is 4.70. The van der Waals surface area contributed by atoms with Crippen molar-refractivity contribution < 1.29 is 24.2 Å². The van der Waals surface area contributed by atoms with Crippen LogP contribution < -0.4 is 5.32 Å². The largest absolute Gasteiger partial charge is 0.481 e. The van der Waals surface area contributed by atoms with Gasteiger partial charge in [0.2, 0.25) is 5.91 Å². The first-order chi connectivity index (χ1) is 16.4. The van der Waals surface area contributed by atoms with Crippen LogP contribution in [0.2, 0.25) is 0 Å². The van der Waals surface area contributed by atoms with Crippen LogP contribution in [0.4, 0.5) is 4.79 Å². The Morgan fingerprint density at radius 1 is 1.00 bits per heavy atom. The van der Waals surface area contributed by atoms with Crippen molar-refractivity contribution in [2.75, 3.05) is 20.2 Å². The molecule has 1 aliphatic carbocycles. The highest BCUT2D eigenvalue weighted by Crippen LogP contribution is 2.44. The van der Waals surface area contributed by atoms with E-state index in [-0.39, 0.29) is 30.9 Å². The SMILES string of the molecule is CCC(CCC(=O)N(C)CCCCC(=O)O)NC(=O)OCC1c2ccccc2-c2ccccc21. The number of carbonyl (C=O) groups is 3. The number of carboxylic acids is 1. The van der Waals surface area contributed by atoms with Crippen LogP contribution in [0.25, 0.3) is 11.1 Å². The van der Waals surface area contributed by atoms with Gasteiger partial charge in [-0.15, -0.1) is 0 Å². The van der Waals surface area contributed by atoms with Crippen LogP contribution in [0.5, 0.6) is 0 Å². The predicted molar refractivity (Wildman–Crippen MR) is 131 cm³/mol. The summed E-state index contributed by atoms with van der Waals surface area (Å²) in [5.74, 6) is -0.822. The van der Waals surface area contributed by atoms with Gasteiger partial charge in [-0.05, 0) is 47.9 Å². The van der Waals surface area contributed by atoms with Crippen LogP contribution in [0, 0.1) is 0 Å². The molecule has 182 valence electrons. The highest BCUT2D eigenvalue weighted by atomic mass is 16.5. The van der Waals surface area contributed by atoms with E-state index in [9.17, 15) is 14.4 Å². The fourth-order valence-corrected chi connectivity index (χ4v) is 4.42. The van der Waals surface area contributed by atoms with E-state index in [0.717, 1.165) is 0 Å². The average Bonchev–Trinajstić information content (AvgIpc) is 3.16. The smallest absolute Gasteiger partial charge is 0.407 e. The number of fused-ring (bicyclic) bond motifs is 3. The van der Waals surface area contributed by atoms with E-state index in [0.29, 0.717) is 38.6 Å². The summed E-state index contributed by atoms with van der Waals surface area (Å²) in [6, 6.07) is 16.3. The number of carbonyl (C=O) groups excluding carboxylic acids is 2. The minimum absolute atomic E-state index is 0.00887. The van der Waals surface area contributed by atoms with Crippen LogP contribution in [0.3, 0.4) is 0 Å². The number of ether oxygens (including phenoxy) is 1. The second-order valence-electron chi connectivity index (χ2n) is 8.78. The van der Waals surface area contributed by atoms with Crippen molar-refractivity contribution in [3.05, 3.63) is 59.7 Å². The molecule has 0 heterocycles. The van der Waals surface area contributed by atoms with Crippen molar-refractivity contribution >= 4 is 18.0 Å². The summed E-state index contributed by atoms with van der Waals surface area (Å²) in [5, 5.41) is 11.6. The van der Waals surface area contributed by atoms with Crippen LogP contribution in [-0.2, 0) is 14.3 Å². The molecule has 0 fully saturated rings. The molecule has 1 unspecified atom stereocenters. The number of alkyl carbamates (subject to hydrolysis) is 1. The molecule has 2 N–H and O–H groups in total. The maximum Gasteiger partial charge on any atom is 0.407 e. The first-order valence-electron chi connectivity index (χ1n) is 12.0. The van der Waals surface area contributed by atoms with Crippen LogP contribution in [-0.4, -0.2) is 54.2 Å². The third-order valence-electron chi connectivity index (χ3n) is 6.43. The molecule has 0 aromatic heterocycles. The molecule has 2 amide bonds. The monoisotopic (exact) mass is 466 g/mol. The molecule has 3 rings (SSSR count). The van der Waals surface area contributed by atoms with Crippen molar-refractivity contribution in [1.29, 1.82) is 0 Å². The quantitative estimate of drug-likeness (QED) is 0.438. The van der Waals surface area contributed by atoms with Gasteiger partial charge < -0.3 is 20.1 Å². The second-order valence-corrected chi connectivity index (χ2v) is 8.78. The molecular weight excluding hydrogens is 432 g/mol. The van der Waals surface area contributed by atoms with Crippen molar-refractivity contribution in [1.82, 2.24) is 10.2 Å². The summed E-state index contributed by atoms with van der Waals surface area (Å²) in [4.78, 5) is 37.1. The maximum absolute atomic E-state index is 12.5. The number of nitrogens with zero attached hydrogens (tertiary/aromatic N) is 1. The first-order valence-corrected chi connectivity index (χ1v) is 12.0. The topological polar surface area (TPSA) is 95.9 Å². The zero-order chi connectivity index (χ0) is 24.5. The van der Waals surface area contributed by atoms with Gasteiger partial charge in [0, 0.05) is 38.4 Å². The molecule has 34 heavy (non-hydrogen) atoms. The van der Waals surface area contributed by atoms with Crippen molar-refractivity contribution in [3.63, 3.8) is 0 Å². The van der Waals surface area contributed by atoms with E-state index < -0.39 is 12.1 Å². The van der Waals surface area contributed by atoms with Gasteiger partial charge in [-0.1, -0.05) is 55.5 Å². The molecule has 1 aliphatic rings. The van der Waals surface area contributed by atoms with Gasteiger partial charge in [0.15, 0.2) is 0 Å². The Bertz CT molecular complexity index is 961. The zero-order valence-corrected chi connectivity index (χ0v) is 20.0. The number of rotatable bonds is 12.